The monoisotopic (exact) mass is 277 g/mol. The molecule has 0 aliphatic heterocycles. The maximum absolute atomic E-state index is 13.8. The number of halogens is 1. The van der Waals surface area contributed by atoms with Gasteiger partial charge in [-0.1, -0.05) is 12.1 Å². The highest BCUT2D eigenvalue weighted by Crippen LogP contribution is 2.23. The van der Waals surface area contributed by atoms with E-state index < -0.39 is 0 Å². The first-order valence-corrected chi connectivity index (χ1v) is 5.99. The van der Waals surface area contributed by atoms with Crippen LogP contribution in [0.5, 0.6) is 0 Å². The number of aromatic nitrogens is 2. The van der Waals surface area contributed by atoms with Gasteiger partial charge in [-0.15, -0.1) is 0 Å². The zero-order valence-electron chi connectivity index (χ0n) is 11.3. The molecule has 0 saturated carbocycles. The summed E-state index contributed by atoms with van der Waals surface area (Å²) in [7, 11) is 1.54. The van der Waals surface area contributed by atoms with Crippen molar-refractivity contribution < 1.29 is 9.13 Å². The number of para-hydroxylation sites is 1. The molecule has 1 aromatic heterocycles. The Labute approximate surface area is 116 Å². The Balaban J connectivity index is 2.35. The van der Waals surface area contributed by atoms with E-state index in [4.69, 9.17) is 10.6 Å². The molecule has 0 aliphatic rings. The molecule has 2 aromatic rings. The quantitative estimate of drug-likeness (QED) is 0.573. The third kappa shape index (κ3) is 3.19. The molecule has 0 unspecified atom stereocenters. The molecular weight excluding hydrogens is 261 g/mol. The Hall–Kier alpha value is -2.25. The van der Waals surface area contributed by atoms with Crippen molar-refractivity contribution in [2.24, 2.45) is 5.84 Å². The van der Waals surface area contributed by atoms with Gasteiger partial charge in [0.2, 0.25) is 0 Å². The minimum atomic E-state index is -0.348. The number of nitrogen functional groups attached to an aromatic ring is 1. The second kappa shape index (κ2) is 6.27. The number of nitrogens with one attached hydrogen (secondary N) is 2. The first-order chi connectivity index (χ1) is 9.63. The van der Waals surface area contributed by atoms with Crippen molar-refractivity contribution in [2.45, 2.75) is 13.5 Å². The maximum Gasteiger partial charge on any atom is 0.158 e. The van der Waals surface area contributed by atoms with Gasteiger partial charge in [0.05, 0.1) is 5.69 Å². The smallest absolute Gasteiger partial charge is 0.158 e. The number of anilines is 3. The summed E-state index contributed by atoms with van der Waals surface area (Å²) in [6, 6.07) is 6.43. The predicted octanol–water partition coefficient (Wildman–Crippen LogP) is 2.10. The van der Waals surface area contributed by atoms with E-state index >= 15 is 0 Å². The Bertz CT molecular complexity index is 585. The van der Waals surface area contributed by atoms with E-state index in [-0.39, 0.29) is 12.4 Å². The summed E-state index contributed by atoms with van der Waals surface area (Å²) in [5.41, 5.74) is 3.59. The van der Waals surface area contributed by atoms with Gasteiger partial charge in [0, 0.05) is 13.2 Å². The lowest BCUT2D eigenvalue weighted by Gasteiger charge is -2.12. The van der Waals surface area contributed by atoms with E-state index in [1.807, 2.05) is 13.0 Å². The van der Waals surface area contributed by atoms with E-state index in [1.54, 1.807) is 19.2 Å². The molecule has 4 N–H and O–H groups in total. The Morgan fingerprint density at radius 2 is 2.05 bits per heavy atom. The van der Waals surface area contributed by atoms with Gasteiger partial charge in [-0.2, -0.15) is 0 Å². The molecule has 0 spiro atoms. The SMILES string of the molecule is COCc1nc(NN)cc(Nc2c(C)cccc2F)n1. The van der Waals surface area contributed by atoms with Gasteiger partial charge < -0.3 is 15.5 Å². The molecule has 0 amide bonds. The van der Waals surface area contributed by atoms with Crippen LogP contribution >= 0.6 is 0 Å². The highest BCUT2D eigenvalue weighted by molar-refractivity contribution is 5.62. The number of ether oxygens (including phenoxy) is 1. The van der Waals surface area contributed by atoms with E-state index in [9.17, 15) is 4.39 Å². The maximum atomic E-state index is 13.8. The van der Waals surface area contributed by atoms with Crippen LogP contribution in [0.15, 0.2) is 24.3 Å². The average molecular weight is 277 g/mol. The molecule has 1 aromatic carbocycles. The summed E-state index contributed by atoms with van der Waals surface area (Å²) in [6.45, 7) is 2.05. The average Bonchev–Trinajstić information content (AvgIpc) is 2.43. The molecule has 7 heteroatoms. The van der Waals surface area contributed by atoms with Gasteiger partial charge in [0.1, 0.15) is 24.1 Å². The Kier molecular flexibility index (Phi) is 4.44. The van der Waals surface area contributed by atoms with E-state index in [2.05, 4.69) is 20.7 Å². The van der Waals surface area contributed by atoms with Crippen LogP contribution in [0.25, 0.3) is 0 Å². The number of benzene rings is 1. The van der Waals surface area contributed by atoms with Crippen LogP contribution in [-0.4, -0.2) is 17.1 Å². The van der Waals surface area contributed by atoms with E-state index in [0.717, 1.165) is 5.56 Å². The molecule has 0 aliphatic carbocycles. The summed E-state index contributed by atoms with van der Waals surface area (Å²) in [5.74, 6) is 6.31. The summed E-state index contributed by atoms with van der Waals surface area (Å²) >= 11 is 0. The molecular formula is C13H16FN5O. The fraction of sp³-hybridized carbons (Fsp3) is 0.231. The zero-order chi connectivity index (χ0) is 14.5. The number of hydrogen-bond acceptors (Lipinski definition) is 6. The number of nitrogens with two attached hydrogens (primary N) is 1. The van der Waals surface area contributed by atoms with Gasteiger partial charge in [-0.25, -0.2) is 20.2 Å². The molecule has 106 valence electrons. The highest BCUT2D eigenvalue weighted by atomic mass is 19.1. The Morgan fingerprint density at radius 1 is 1.30 bits per heavy atom. The number of hydrogen-bond donors (Lipinski definition) is 3. The second-order valence-corrected chi connectivity index (χ2v) is 4.19. The van der Waals surface area contributed by atoms with Crippen molar-refractivity contribution in [3.8, 4) is 0 Å². The molecule has 0 saturated heterocycles. The van der Waals surface area contributed by atoms with Gasteiger partial charge in [-0.3, -0.25) is 0 Å². The predicted molar refractivity (Wildman–Crippen MR) is 75.0 cm³/mol. The van der Waals surface area contributed by atoms with Crippen molar-refractivity contribution in [2.75, 3.05) is 17.9 Å². The summed E-state index contributed by atoms with van der Waals surface area (Å²) in [4.78, 5) is 8.36. The van der Waals surface area contributed by atoms with E-state index in [0.29, 0.717) is 23.1 Å². The van der Waals surface area contributed by atoms with Crippen LogP contribution in [0.3, 0.4) is 0 Å². The van der Waals surface area contributed by atoms with Crippen molar-refractivity contribution in [3.63, 3.8) is 0 Å². The number of nitrogens with zero attached hydrogens (tertiary/aromatic N) is 2. The lowest BCUT2D eigenvalue weighted by molar-refractivity contribution is 0.178. The molecule has 20 heavy (non-hydrogen) atoms. The van der Waals surface area contributed by atoms with Gasteiger partial charge in [-0.05, 0) is 18.6 Å². The minimum absolute atomic E-state index is 0.237. The molecule has 2 rings (SSSR count). The Morgan fingerprint density at radius 3 is 2.70 bits per heavy atom. The third-order valence-corrected chi connectivity index (χ3v) is 2.67. The van der Waals surface area contributed by atoms with Crippen LogP contribution in [-0.2, 0) is 11.3 Å². The normalized spacial score (nSPS) is 10.4. The molecule has 0 fully saturated rings. The second-order valence-electron chi connectivity index (χ2n) is 4.19. The van der Waals surface area contributed by atoms with Crippen LogP contribution in [0, 0.1) is 12.7 Å². The summed E-state index contributed by atoms with van der Waals surface area (Å²) in [5, 5.41) is 2.94. The number of rotatable bonds is 5. The van der Waals surface area contributed by atoms with E-state index in [1.165, 1.54) is 6.07 Å². The van der Waals surface area contributed by atoms with Crippen molar-refractivity contribution in [1.82, 2.24) is 9.97 Å². The highest BCUT2D eigenvalue weighted by Gasteiger charge is 2.09. The van der Waals surface area contributed by atoms with Crippen molar-refractivity contribution in [1.29, 1.82) is 0 Å². The topological polar surface area (TPSA) is 85.1 Å². The fourth-order valence-corrected chi connectivity index (χ4v) is 1.75. The molecule has 1 heterocycles. The molecule has 6 nitrogen and oxygen atoms in total. The van der Waals surface area contributed by atoms with Crippen molar-refractivity contribution >= 4 is 17.3 Å². The lowest BCUT2D eigenvalue weighted by atomic mass is 10.2. The minimum Gasteiger partial charge on any atom is -0.377 e. The molecule has 0 radical (unpaired) electrons. The summed E-state index contributed by atoms with van der Waals surface area (Å²) in [6.07, 6.45) is 0. The van der Waals surface area contributed by atoms with Gasteiger partial charge in [0.25, 0.3) is 0 Å². The van der Waals surface area contributed by atoms with Crippen LogP contribution in [0.4, 0.5) is 21.7 Å². The van der Waals surface area contributed by atoms with Gasteiger partial charge >= 0.3 is 0 Å². The third-order valence-electron chi connectivity index (χ3n) is 2.67. The zero-order valence-corrected chi connectivity index (χ0v) is 11.3. The molecule has 0 bridgehead atoms. The molecule has 0 atom stereocenters. The van der Waals surface area contributed by atoms with Crippen LogP contribution in [0.1, 0.15) is 11.4 Å². The number of hydrazine groups is 1. The van der Waals surface area contributed by atoms with Gasteiger partial charge in [0.15, 0.2) is 5.82 Å². The first-order valence-electron chi connectivity index (χ1n) is 5.99. The van der Waals surface area contributed by atoms with Crippen LogP contribution < -0.4 is 16.6 Å². The number of methoxy groups -OCH3 is 1. The first kappa shape index (κ1) is 14.2. The number of aryl methyl sites for hydroxylation is 1. The fourth-order valence-electron chi connectivity index (χ4n) is 1.75. The van der Waals surface area contributed by atoms with Crippen LogP contribution in [0.2, 0.25) is 0 Å². The largest absolute Gasteiger partial charge is 0.377 e. The van der Waals surface area contributed by atoms with Crippen molar-refractivity contribution in [3.05, 3.63) is 41.5 Å². The summed E-state index contributed by atoms with van der Waals surface area (Å²) < 4.78 is 18.8. The standard InChI is InChI=1S/C13H16FN5O/c1-8-4-3-5-9(14)13(8)18-10-6-11(19-15)17-12(16-10)7-20-2/h3-6H,7,15H2,1-2H3,(H2,16,17,18,19). The lowest BCUT2D eigenvalue weighted by Crippen LogP contribution is -2.12.